The molecule has 1 amide bonds. The summed E-state index contributed by atoms with van der Waals surface area (Å²) in [5.74, 6) is 1.36. The first-order valence-corrected chi connectivity index (χ1v) is 8.56. The number of hydrogen-bond donors (Lipinski definition) is 1. The molecule has 0 aliphatic carbocycles. The Balaban J connectivity index is 1.79. The van der Waals surface area contributed by atoms with Crippen molar-refractivity contribution in [3.8, 4) is 0 Å². The largest absolute Gasteiger partial charge is 0.302 e. The van der Waals surface area contributed by atoms with Crippen LogP contribution in [0, 0.1) is 6.92 Å². The lowest BCUT2D eigenvalue weighted by atomic mass is 10.2. The second-order valence-electron chi connectivity index (χ2n) is 4.71. The summed E-state index contributed by atoms with van der Waals surface area (Å²) in [7, 11) is 0. The van der Waals surface area contributed by atoms with Crippen LogP contribution in [0.4, 0.5) is 5.13 Å². The maximum absolute atomic E-state index is 11.0. The van der Waals surface area contributed by atoms with Crippen LogP contribution in [0.3, 0.4) is 0 Å². The number of aromatic nitrogens is 3. The van der Waals surface area contributed by atoms with E-state index >= 15 is 0 Å². The standard InChI is InChI=1S/C15H14N4OS2/c1-9-16-13-6-4-3-5-12(13)14(17-9)21-7-11-8-22-15(19-11)18-10(2)20/h3-6,8H,7H2,1-2H3,(H,18,19,20). The Morgan fingerprint density at radius 1 is 1.27 bits per heavy atom. The second-order valence-corrected chi connectivity index (χ2v) is 6.53. The Bertz CT molecular complexity index is 831. The molecule has 3 aromatic rings. The summed E-state index contributed by atoms with van der Waals surface area (Å²) >= 11 is 3.06. The molecule has 1 aromatic carbocycles. The zero-order chi connectivity index (χ0) is 15.5. The van der Waals surface area contributed by atoms with Gasteiger partial charge in [0.1, 0.15) is 10.9 Å². The summed E-state index contributed by atoms with van der Waals surface area (Å²) in [6, 6.07) is 7.98. The molecule has 0 spiro atoms. The fraction of sp³-hybridized carbons (Fsp3) is 0.200. The van der Waals surface area contributed by atoms with Crippen molar-refractivity contribution >= 4 is 45.0 Å². The normalized spacial score (nSPS) is 10.8. The molecule has 112 valence electrons. The molecular weight excluding hydrogens is 316 g/mol. The van der Waals surface area contributed by atoms with Crippen LogP contribution in [0.5, 0.6) is 0 Å². The van der Waals surface area contributed by atoms with Crippen molar-refractivity contribution in [2.45, 2.75) is 24.6 Å². The molecule has 0 saturated carbocycles. The Labute approximate surface area is 136 Å². The van der Waals surface area contributed by atoms with E-state index in [4.69, 9.17) is 0 Å². The number of carbonyl (C=O) groups is 1. The van der Waals surface area contributed by atoms with Crippen molar-refractivity contribution in [3.63, 3.8) is 0 Å². The number of benzene rings is 1. The lowest BCUT2D eigenvalue weighted by Crippen LogP contribution is -2.05. The average molecular weight is 330 g/mol. The minimum Gasteiger partial charge on any atom is -0.302 e. The topological polar surface area (TPSA) is 67.8 Å². The maximum Gasteiger partial charge on any atom is 0.223 e. The lowest BCUT2D eigenvalue weighted by Gasteiger charge is -2.05. The van der Waals surface area contributed by atoms with Crippen LogP contribution in [0.2, 0.25) is 0 Å². The van der Waals surface area contributed by atoms with Crippen LogP contribution in [0.25, 0.3) is 10.9 Å². The first-order chi connectivity index (χ1) is 10.6. The minimum absolute atomic E-state index is 0.106. The van der Waals surface area contributed by atoms with Crippen molar-refractivity contribution in [1.29, 1.82) is 0 Å². The molecule has 0 aliphatic rings. The number of anilines is 1. The summed E-state index contributed by atoms with van der Waals surface area (Å²) in [5, 5.41) is 7.29. The third kappa shape index (κ3) is 3.42. The van der Waals surface area contributed by atoms with E-state index in [2.05, 4.69) is 20.3 Å². The first-order valence-electron chi connectivity index (χ1n) is 6.70. The Morgan fingerprint density at radius 3 is 2.91 bits per heavy atom. The molecule has 2 aromatic heterocycles. The van der Waals surface area contributed by atoms with Crippen LogP contribution in [0.15, 0.2) is 34.7 Å². The van der Waals surface area contributed by atoms with Gasteiger partial charge in [0.2, 0.25) is 5.91 Å². The van der Waals surface area contributed by atoms with Crippen LogP contribution in [-0.2, 0) is 10.5 Å². The number of amides is 1. The predicted molar refractivity (Wildman–Crippen MR) is 90.3 cm³/mol. The Morgan fingerprint density at radius 2 is 2.09 bits per heavy atom. The van der Waals surface area contributed by atoms with Gasteiger partial charge >= 0.3 is 0 Å². The monoisotopic (exact) mass is 330 g/mol. The van der Waals surface area contributed by atoms with Gasteiger partial charge in [-0.1, -0.05) is 30.0 Å². The van der Waals surface area contributed by atoms with E-state index in [0.717, 1.165) is 27.4 Å². The Kier molecular flexibility index (Phi) is 4.35. The fourth-order valence-electron chi connectivity index (χ4n) is 1.99. The number of thioether (sulfide) groups is 1. The third-order valence-electron chi connectivity index (χ3n) is 2.87. The van der Waals surface area contributed by atoms with Gasteiger partial charge < -0.3 is 5.32 Å². The SMILES string of the molecule is CC(=O)Nc1nc(CSc2nc(C)nc3ccccc23)cs1. The highest BCUT2D eigenvalue weighted by Crippen LogP contribution is 2.29. The van der Waals surface area contributed by atoms with Crippen LogP contribution in [0.1, 0.15) is 18.4 Å². The van der Waals surface area contributed by atoms with Gasteiger partial charge in [-0.25, -0.2) is 15.0 Å². The molecule has 0 bridgehead atoms. The first kappa shape index (κ1) is 14.9. The molecule has 0 aliphatic heterocycles. The summed E-state index contributed by atoms with van der Waals surface area (Å²) in [6.07, 6.45) is 0. The molecule has 0 atom stereocenters. The maximum atomic E-state index is 11.0. The van der Waals surface area contributed by atoms with E-state index in [1.807, 2.05) is 36.6 Å². The van der Waals surface area contributed by atoms with Crippen molar-refractivity contribution in [1.82, 2.24) is 15.0 Å². The molecule has 0 fully saturated rings. The van der Waals surface area contributed by atoms with Crippen molar-refractivity contribution in [2.75, 3.05) is 5.32 Å². The molecule has 22 heavy (non-hydrogen) atoms. The number of aryl methyl sites for hydroxylation is 1. The number of rotatable bonds is 4. The predicted octanol–water partition coefficient (Wildman–Crippen LogP) is 3.65. The van der Waals surface area contributed by atoms with Gasteiger partial charge in [0.15, 0.2) is 5.13 Å². The van der Waals surface area contributed by atoms with E-state index in [1.165, 1.54) is 18.3 Å². The summed E-state index contributed by atoms with van der Waals surface area (Å²) < 4.78 is 0. The zero-order valence-corrected chi connectivity index (χ0v) is 13.8. The highest BCUT2D eigenvalue weighted by molar-refractivity contribution is 7.98. The van der Waals surface area contributed by atoms with Crippen molar-refractivity contribution < 1.29 is 4.79 Å². The molecule has 0 unspecified atom stereocenters. The molecule has 1 N–H and O–H groups in total. The zero-order valence-electron chi connectivity index (χ0n) is 12.2. The van der Waals surface area contributed by atoms with Gasteiger partial charge in [-0.05, 0) is 13.0 Å². The smallest absolute Gasteiger partial charge is 0.223 e. The number of fused-ring (bicyclic) bond motifs is 1. The second kappa shape index (κ2) is 6.41. The van der Waals surface area contributed by atoms with Crippen molar-refractivity contribution in [3.05, 3.63) is 41.2 Å². The van der Waals surface area contributed by atoms with Crippen LogP contribution >= 0.6 is 23.1 Å². The number of carbonyl (C=O) groups excluding carboxylic acids is 1. The van der Waals surface area contributed by atoms with E-state index < -0.39 is 0 Å². The van der Waals surface area contributed by atoms with E-state index in [-0.39, 0.29) is 5.91 Å². The summed E-state index contributed by atoms with van der Waals surface area (Å²) in [4.78, 5) is 24.4. The Hall–Kier alpha value is -1.99. The van der Waals surface area contributed by atoms with Gasteiger partial charge in [0.25, 0.3) is 0 Å². The number of para-hydroxylation sites is 1. The fourth-order valence-corrected chi connectivity index (χ4v) is 3.81. The highest BCUT2D eigenvalue weighted by Gasteiger charge is 2.08. The minimum atomic E-state index is -0.106. The molecule has 0 saturated heterocycles. The van der Waals surface area contributed by atoms with Gasteiger partial charge in [0.05, 0.1) is 11.2 Å². The van der Waals surface area contributed by atoms with E-state index in [9.17, 15) is 4.79 Å². The molecular formula is C15H14N4OS2. The highest BCUT2D eigenvalue weighted by atomic mass is 32.2. The molecule has 2 heterocycles. The van der Waals surface area contributed by atoms with Crippen molar-refractivity contribution in [2.24, 2.45) is 0 Å². The summed E-state index contributed by atoms with van der Waals surface area (Å²) in [5.41, 5.74) is 1.88. The van der Waals surface area contributed by atoms with Crippen LogP contribution < -0.4 is 5.32 Å². The van der Waals surface area contributed by atoms with E-state index in [1.54, 1.807) is 11.8 Å². The van der Waals surface area contributed by atoms with Gasteiger partial charge in [0, 0.05) is 23.4 Å². The molecule has 7 heteroatoms. The summed E-state index contributed by atoms with van der Waals surface area (Å²) in [6.45, 7) is 3.37. The third-order valence-corrected chi connectivity index (χ3v) is 4.70. The lowest BCUT2D eigenvalue weighted by molar-refractivity contribution is -0.114. The molecule has 0 radical (unpaired) electrons. The number of nitrogens with one attached hydrogen (secondary N) is 1. The average Bonchev–Trinajstić information content (AvgIpc) is 2.91. The van der Waals surface area contributed by atoms with Gasteiger partial charge in [-0.15, -0.1) is 11.3 Å². The number of hydrogen-bond acceptors (Lipinski definition) is 6. The number of thiazole rings is 1. The molecule has 3 rings (SSSR count). The van der Waals surface area contributed by atoms with Gasteiger partial charge in [-0.3, -0.25) is 4.79 Å². The molecule has 5 nitrogen and oxygen atoms in total. The van der Waals surface area contributed by atoms with Gasteiger partial charge in [-0.2, -0.15) is 0 Å². The van der Waals surface area contributed by atoms with E-state index in [0.29, 0.717) is 10.9 Å². The quantitative estimate of drug-likeness (QED) is 0.584. The number of nitrogens with zero attached hydrogens (tertiary/aromatic N) is 3. The van der Waals surface area contributed by atoms with Crippen LogP contribution in [-0.4, -0.2) is 20.9 Å².